The van der Waals surface area contributed by atoms with Gasteiger partial charge in [0.25, 0.3) is 0 Å². The number of hydrogen-bond acceptors (Lipinski definition) is 2. The number of rotatable bonds is 7. The van der Waals surface area contributed by atoms with Gasteiger partial charge < -0.3 is 5.32 Å². The average Bonchev–Trinajstić information content (AvgIpc) is 2.29. The Hall–Kier alpha value is -0.0800. The molecule has 0 saturated carbocycles. The maximum Gasteiger partial charge on any atom is 0.0246 e. The van der Waals surface area contributed by atoms with Crippen LogP contribution in [0, 0.1) is 5.41 Å². The highest BCUT2D eigenvalue weighted by Crippen LogP contribution is 2.30. The summed E-state index contributed by atoms with van der Waals surface area (Å²) in [6, 6.07) is 1.33. The van der Waals surface area contributed by atoms with Gasteiger partial charge in [-0.05, 0) is 51.6 Å². The molecule has 18 heavy (non-hydrogen) atoms. The Balaban J connectivity index is 2.48. The van der Waals surface area contributed by atoms with E-state index in [0.29, 0.717) is 17.5 Å². The molecule has 2 heteroatoms. The van der Waals surface area contributed by atoms with Crippen molar-refractivity contribution >= 4 is 0 Å². The fraction of sp³-hybridized carbons (Fsp3) is 1.00. The quantitative estimate of drug-likeness (QED) is 0.697. The second-order valence-electron chi connectivity index (χ2n) is 6.89. The minimum Gasteiger partial charge on any atom is -0.312 e. The molecule has 2 nitrogen and oxygen atoms in total. The number of nitrogens with zero attached hydrogens (tertiary/aromatic N) is 1. The number of unbranched alkanes of at least 4 members (excludes halogenated alkanes) is 2. The molecule has 0 aromatic rings. The highest BCUT2D eigenvalue weighted by molar-refractivity contribution is 4.90. The van der Waals surface area contributed by atoms with Crippen LogP contribution in [0.5, 0.6) is 0 Å². The summed E-state index contributed by atoms with van der Waals surface area (Å²) >= 11 is 0. The van der Waals surface area contributed by atoms with Crippen LogP contribution >= 0.6 is 0 Å². The zero-order valence-electron chi connectivity index (χ0n) is 13.3. The van der Waals surface area contributed by atoms with Crippen molar-refractivity contribution in [3.8, 4) is 0 Å². The van der Waals surface area contributed by atoms with Crippen molar-refractivity contribution < 1.29 is 0 Å². The first-order valence-corrected chi connectivity index (χ1v) is 7.95. The highest BCUT2D eigenvalue weighted by Gasteiger charge is 2.33. The molecule has 0 aliphatic carbocycles. The first kappa shape index (κ1) is 16.0. The van der Waals surface area contributed by atoms with Gasteiger partial charge in [0.2, 0.25) is 0 Å². The van der Waals surface area contributed by atoms with Gasteiger partial charge in [-0.1, -0.05) is 33.6 Å². The van der Waals surface area contributed by atoms with Crippen LogP contribution in [0.15, 0.2) is 0 Å². The van der Waals surface area contributed by atoms with E-state index < -0.39 is 0 Å². The SMILES string of the molecule is CCCCCN(CC1NCCCC1(C)C)C(C)C. The fourth-order valence-corrected chi connectivity index (χ4v) is 2.94. The summed E-state index contributed by atoms with van der Waals surface area (Å²) < 4.78 is 0. The van der Waals surface area contributed by atoms with Gasteiger partial charge in [-0.25, -0.2) is 0 Å². The lowest BCUT2D eigenvalue weighted by Crippen LogP contribution is -2.54. The smallest absolute Gasteiger partial charge is 0.0246 e. The Bertz CT molecular complexity index is 223. The molecule has 1 atom stereocenters. The maximum atomic E-state index is 3.74. The summed E-state index contributed by atoms with van der Waals surface area (Å²) in [7, 11) is 0. The zero-order valence-corrected chi connectivity index (χ0v) is 13.3. The third-order valence-electron chi connectivity index (χ3n) is 4.53. The third-order valence-corrected chi connectivity index (χ3v) is 4.53. The van der Waals surface area contributed by atoms with Gasteiger partial charge >= 0.3 is 0 Å². The molecule has 1 N–H and O–H groups in total. The van der Waals surface area contributed by atoms with Gasteiger partial charge in [0.05, 0.1) is 0 Å². The molecule has 0 aromatic heterocycles. The van der Waals surface area contributed by atoms with E-state index in [1.54, 1.807) is 0 Å². The van der Waals surface area contributed by atoms with Crippen molar-refractivity contribution in [1.29, 1.82) is 0 Å². The Labute approximate surface area is 115 Å². The second-order valence-corrected chi connectivity index (χ2v) is 6.89. The molecule has 1 rings (SSSR count). The van der Waals surface area contributed by atoms with Crippen LogP contribution in [0.3, 0.4) is 0 Å². The summed E-state index contributed by atoms with van der Waals surface area (Å²) in [5.74, 6) is 0. The first-order valence-electron chi connectivity index (χ1n) is 7.95. The summed E-state index contributed by atoms with van der Waals surface area (Å²) in [5.41, 5.74) is 0.455. The van der Waals surface area contributed by atoms with Gasteiger partial charge in [0.1, 0.15) is 0 Å². The van der Waals surface area contributed by atoms with E-state index in [-0.39, 0.29) is 0 Å². The maximum absolute atomic E-state index is 3.74. The lowest BCUT2D eigenvalue weighted by Gasteiger charge is -2.43. The predicted molar refractivity (Wildman–Crippen MR) is 81.0 cm³/mol. The summed E-state index contributed by atoms with van der Waals surface area (Å²) in [6.45, 7) is 15.5. The minimum atomic E-state index is 0.455. The van der Waals surface area contributed by atoms with Crippen LogP contribution in [0.1, 0.15) is 66.7 Å². The number of nitrogens with one attached hydrogen (secondary N) is 1. The van der Waals surface area contributed by atoms with Crippen molar-refractivity contribution in [3.05, 3.63) is 0 Å². The summed E-state index contributed by atoms with van der Waals surface area (Å²) in [5, 5.41) is 3.74. The topological polar surface area (TPSA) is 15.3 Å². The van der Waals surface area contributed by atoms with Crippen LogP contribution < -0.4 is 5.32 Å². The Kier molecular flexibility index (Phi) is 6.65. The molecule has 108 valence electrons. The molecule has 1 heterocycles. The standard InChI is InChI=1S/C16H34N2/c1-6-7-8-12-18(14(2)3)13-15-16(4,5)10-9-11-17-15/h14-15,17H,6-13H2,1-5H3. The number of hydrogen-bond donors (Lipinski definition) is 1. The van der Waals surface area contributed by atoms with Crippen molar-refractivity contribution in [3.63, 3.8) is 0 Å². The zero-order chi connectivity index (χ0) is 13.6. The predicted octanol–water partition coefficient (Wildman–Crippen LogP) is 3.67. The average molecular weight is 254 g/mol. The molecule has 1 fully saturated rings. The van der Waals surface area contributed by atoms with Crippen molar-refractivity contribution in [2.45, 2.75) is 78.8 Å². The van der Waals surface area contributed by atoms with Crippen LogP contribution in [0.2, 0.25) is 0 Å². The molecule has 1 saturated heterocycles. The van der Waals surface area contributed by atoms with Gasteiger partial charge in [-0.3, -0.25) is 4.90 Å². The highest BCUT2D eigenvalue weighted by atomic mass is 15.2. The van der Waals surface area contributed by atoms with E-state index in [1.165, 1.54) is 51.7 Å². The molecule has 1 aliphatic heterocycles. The Morgan fingerprint density at radius 2 is 2.00 bits per heavy atom. The Morgan fingerprint density at radius 3 is 2.56 bits per heavy atom. The minimum absolute atomic E-state index is 0.455. The van der Waals surface area contributed by atoms with Crippen LogP contribution in [-0.4, -0.2) is 36.6 Å². The van der Waals surface area contributed by atoms with Crippen molar-refractivity contribution in [1.82, 2.24) is 10.2 Å². The normalized spacial score (nSPS) is 23.8. The molecule has 1 unspecified atom stereocenters. The summed E-state index contributed by atoms with van der Waals surface area (Å²) in [4.78, 5) is 2.67. The lowest BCUT2D eigenvalue weighted by atomic mass is 9.77. The van der Waals surface area contributed by atoms with Gasteiger partial charge in [0, 0.05) is 18.6 Å². The fourth-order valence-electron chi connectivity index (χ4n) is 2.94. The van der Waals surface area contributed by atoms with E-state index >= 15 is 0 Å². The molecule has 0 radical (unpaired) electrons. The molecule has 1 aliphatic rings. The van der Waals surface area contributed by atoms with Crippen molar-refractivity contribution in [2.24, 2.45) is 5.41 Å². The van der Waals surface area contributed by atoms with Crippen LogP contribution in [0.4, 0.5) is 0 Å². The van der Waals surface area contributed by atoms with E-state index in [2.05, 4.69) is 44.8 Å². The molecular formula is C16H34N2. The van der Waals surface area contributed by atoms with Crippen LogP contribution in [-0.2, 0) is 0 Å². The number of piperidine rings is 1. The van der Waals surface area contributed by atoms with E-state index in [4.69, 9.17) is 0 Å². The van der Waals surface area contributed by atoms with E-state index in [1.807, 2.05) is 0 Å². The molecule has 0 aromatic carbocycles. The first-order chi connectivity index (χ1) is 8.47. The Morgan fingerprint density at radius 1 is 1.28 bits per heavy atom. The van der Waals surface area contributed by atoms with E-state index in [9.17, 15) is 0 Å². The van der Waals surface area contributed by atoms with Gasteiger partial charge in [-0.15, -0.1) is 0 Å². The van der Waals surface area contributed by atoms with Gasteiger partial charge in [0.15, 0.2) is 0 Å². The van der Waals surface area contributed by atoms with Gasteiger partial charge in [-0.2, -0.15) is 0 Å². The second kappa shape index (κ2) is 7.49. The molecular weight excluding hydrogens is 220 g/mol. The molecule has 0 bridgehead atoms. The monoisotopic (exact) mass is 254 g/mol. The third kappa shape index (κ3) is 4.89. The van der Waals surface area contributed by atoms with E-state index in [0.717, 1.165) is 0 Å². The molecule has 0 spiro atoms. The molecule has 0 amide bonds. The summed E-state index contributed by atoms with van der Waals surface area (Å²) in [6.07, 6.45) is 6.73. The van der Waals surface area contributed by atoms with Crippen molar-refractivity contribution in [2.75, 3.05) is 19.6 Å². The van der Waals surface area contributed by atoms with Crippen LogP contribution in [0.25, 0.3) is 0 Å². The largest absolute Gasteiger partial charge is 0.312 e. The lowest BCUT2D eigenvalue weighted by molar-refractivity contribution is 0.109.